The molecule has 2 N–H and O–H groups in total. The molecule has 0 spiro atoms. The van der Waals surface area contributed by atoms with E-state index in [9.17, 15) is 19.2 Å². The Morgan fingerprint density at radius 1 is 1.04 bits per heavy atom. The third-order valence-electron chi connectivity index (χ3n) is 4.44. The summed E-state index contributed by atoms with van der Waals surface area (Å²) in [5, 5.41) is 2.54. The largest absolute Gasteiger partial charge is 0.453 e. The van der Waals surface area contributed by atoms with Gasteiger partial charge < -0.3 is 15.0 Å². The van der Waals surface area contributed by atoms with Crippen molar-refractivity contribution in [1.29, 1.82) is 0 Å². The lowest BCUT2D eigenvalue weighted by Crippen LogP contribution is -2.41. The van der Waals surface area contributed by atoms with Crippen molar-refractivity contribution >= 4 is 23.4 Å². The Morgan fingerprint density at radius 2 is 1.64 bits per heavy atom. The number of Topliss-reactive ketones (excluding diaryl/α,β-unsaturated/α-hetero) is 2. The van der Waals surface area contributed by atoms with Gasteiger partial charge in [-0.3, -0.25) is 14.4 Å². The molecule has 2 atom stereocenters. The lowest BCUT2D eigenvalue weighted by atomic mass is 10.0. The van der Waals surface area contributed by atoms with E-state index in [-0.39, 0.29) is 11.5 Å². The molecule has 7 nitrogen and oxygen atoms in total. The van der Waals surface area contributed by atoms with E-state index in [0.29, 0.717) is 22.4 Å². The molecule has 1 amide bonds. The molecule has 148 valence electrons. The smallest absolute Gasteiger partial charge is 0.329 e. The highest BCUT2D eigenvalue weighted by atomic mass is 16.5. The molecular formula is C21H24N2O5. The van der Waals surface area contributed by atoms with Gasteiger partial charge in [0.15, 0.2) is 11.9 Å². The molecule has 0 aliphatic carbocycles. The minimum atomic E-state index is -1.07. The Hall–Kier alpha value is -3.22. The SMILES string of the molecule is CC(=O)c1c(C)[nH]c(C(=O)[C@H](C)OC(=O)[C@H](C)NC(=O)c2ccccc2)c1C. The van der Waals surface area contributed by atoms with Crippen LogP contribution in [0, 0.1) is 13.8 Å². The first-order chi connectivity index (χ1) is 13.1. The number of aromatic nitrogens is 1. The molecule has 0 saturated carbocycles. The lowest BCUT2D eigenvalue weighted by Gasteiger charge is -2.17. The summed E-state index contributed by atoms with van der Waals surface area (Å²) in [7, 11) is 0. The number of aryl methyl sites for hydroxylation is 1. The number of carbonyl (C=O) groups is 4. The predicted molar refractivity (Wildman–Crippen MR) is 104 cm³/mol. The Bertz CT molecular complexity index is 914. The lowest BCUT2D eigenvalue weighted by molar-refractivity contribution is -0.148. The fraction of sp³-hybridized carbons (Fsp3) is 0.333. The van der Waals surface area contributed by atoms with Crippen LogP contribution in [-0.4, -0.2) is 40.6 Å². The highest BCUT2D eigenvalue weighted by Gasteiger charge is 2.28. The number of carbonyl (C=O) groups excluding carboxylic acids is 4. The molecule has 0 aliphatic rings. The van der Waals surface area contributed by atoms with Crippen LogP contribution in [-0.2, 0) is 9.53 Å². The number of amides is 1. The first kappa shape index (κ1) is 21.1. The highest BCUT2D eigenvalue weighted by molar-refractivity contribution is 6.05. The van der Waals surface area contributed by atoms with Crippen molar-refractivity contribution in [2.45, 2.75) is 46.8 Å². The van der Waals surface area contributed by atoms with Gasteiger partial charge in [0, 0.05) is 16.8 Å². The van der Waals surface area contributed by atoms with Crippen LogP contribution in [0.4, 0.5) is 0 Å². The molecule has 1 aromatic carbocycles. The van der Waals surface area contributed by atoms with E-state index in [4.69, 9.17) is 4.74 Å². The highest BCUT2D eigenvalue weighted by Crippen LogP contribution is 2.20. The molecule has 0 unspecified atom stereocenters. The normalized spacial score (nSPS) is 12.8. The van der Waals surface area contributed by atoms with Crippen molar-refractivity contribution in [3.05, 3.63) is 58.4 Å². The van der Waals surface area contributed by atoms with Crippen LogP contribution in [0.25, 0.3) is 0 Å². The molecule has 0 saturated heterocycles. The molecule has 2 aromatic rings. The third kappa shape index (κ3) is 4.54. The standard InChI is InChI=1S/C21H24N2O5/c1-11-17(14(4)24)12(2)22-18(11)19(25)15(5)28-21(27)13(3)23-20(26)16-9-7-6-8-10-16/h6-10,13,15,22H,1-5H3,(H,23,26)/t13-,15-/m0/s1. The number of aromatic amines is 1. The Balaban J connectivity index is 2.03. The van der Waals surface area contributed by atoms with Gasteiger partial charge in [-0.1, -0.05) is 18.2 Å². The zero-order valence-electron chi connectivity index (χ0n) is 16.6. The van der Waals surface area contributed by atoms with Gasteiger partial charge in [0.05, 0.1) is 5.69 Å². The van der Waals surface area contributed by atoms with Gasteiger partial charge in [0.2, 0.25) is 5.78 Å². The minimum Gasteiger partial charge on any atom is -0.453 e. The van der Waals surface area contributed by atoms with Gasteiger partial charge in [-0.15, -0.1) is 0 Å². The van der Waals surface area contributed by atoms with Crippen molar-refractivity contribution in [2.75, 3.05) is 0 Å². The second-order valence-corrected chi connectivity index (χ2v) is 6.69. The van der Waals surface area contributed by atoms with Crippen LogP contribution in [0.3, 0.4) is 0 Å². The van der Waals surface area contributed by atoms with Gasteiger partial charge in [0.25, 0.3) is 5.91 Å². The van der Waals surface area contributed by atoms with Crippen LogP contribution in [0.1, 0.15) is 63.2 Å². The maximum atomic E-state index is 12.6. The summed E-state index contributed by atoms with van der Waals surface area (Å²) in [6.45, 7) is 7.74. The second kappa shape index (κ2) is 8.65. The number of hydrogen-bond donors (Lipinski definition) is 2. The third-order valence-corrected chi connectivity index (χ3v) is 4.44. The quantitative estimate of drug-likeness (QED) is 0.564. The average molecular weight is 384 g/mol. The van der Waals surface area contributed by atoms with Crippen LogP contribution in [0.2, 0.25) is 0 Å². The van der Waals surface area contributed by atoms with Crippen molar-refractivity contribution < 1.29 is 23.9 Å². The van der Waals surface area contributed by atoms with E-state index in [1.54, 1.807) is 44.2 Å². The summed E-state index contributed by atoms with van der Waals surface area (Å²) < 4.78 is 5.22. The molecule has 7 heteroatoms. The van der Waals surface area contributed by atoms with E-state index in [0.717, 1.165) is 0 Å². The number of H-pyrrole nitrogens is 1. The predicted octanol–water partition coefficient (Wildman–Crippen LogP) is 2.77. The summed E-state index contributed by atoms with van der Waals surface area (Å²) in [6.07, 6.45) is -1.07. The summed E-state index contributed by atoms with van der Waals surface area (Å²) >= 11 is 0. The Kier molecular flexibility index (Phi) is 6.51. The number of esters is 1. The van der Waals surface area contributed by atoms with E-state index in [1.807, 2.05) is 0 Å². The molecule has 0 aliphatic heterocycles. The van der Waals surface area contributed by atoms with Crippen LogP contribution in [0.15, 0.2) is 30.3 Å². The van der Waals surface area contributed by atoms with Crippen LogP contribution in [0.5, 0.6) is 0 Å². The summed E-state index contributed by atoms with van der Waals surface area (Å²) in [5.74, 6) is -1.72. The first-order valence-electron chi connectivity index (χ1n) is 8.94. The van der Waals surface area contributed by atoms with Gasteiger partial charge in [-0.05, 0) is 52.3 Å². The van der Waals surface area contributed by atoms with E-state index >= 15 is 0 Å². The zero-order valence-corrected chi connectivity index (χ0v) is 16.6. The molecule has 1 heterocycles. The number of nitrogens with one attached hydrogen (secondary N) is 2. The van der Waals surface area contributed by atoms with Gasteiger partial charge in [-0.25, -0.2) is 4.79 Å². The van der Waals surface area contributed by atoms with Crippen molar-refractivity contribution in [3.63, 3.8) is 0 Å². The second-order valence-electron chi connectivity index (χ2n) is 6.69. The average Bonchev–Trinajstić information content (AvgIpc) is 2.95. The van der Waals surface area contributed by atoms with Gasteiger partial charge in [-0.2, -0.15) is 0 Å². The fourth-order valence-electron chi connectivity index (χ4n) is 2.99. The van der Waals surface area contributed by atoms with E-state index in [1.165, 1.54) is 20.8 Å². The fourth-order valence-corrected chi connectivity index (χ4v) is 2.99. The molecule has 2 rings (SSSR count). The Labute approximate surface area is 163 Å². The van der Waals surface area contributed by atoms with Crippen molar-refractivity contribution in [2.24, 2.45) is 0 Å². The summed E-state index contributed by atoms with van der Waals surface area (Å²) in [5.41, 5.74) is 2.24. The van der Waals surface area contributed by atoms with E-state index < -0.39 is 29.8 Å². The number of rotatable bonds is 7. The minimum absolute atomic E-state index is 0.146. The van der Waals surface area contributed by atoms with E-state index in [2.05, 4.69) is 10.3 Å². The number of ketones is 2. The molecular weight excluding hydrogens is 360 g/mol. The maximum absolute atomic E-state index is 12.6. The van der Waals surface area contributed by atoms with Crippen LogP contribution < -0.4 is 5.32 Å². The Morgan fingerprint density at radius 3 is 2.18 bits per heavy atom. The monoisotopic (exact) mass is 384 g/mol. The molecule has 0 bridgehead atoms. The molecule has 1 aromatic heterocycles. The molecule has 28 heavy (non-hydrogen) atoms. The molecule has 0 fully saturated rings. The topological polar surface area (TPSA) is 105 Å². The summed E-state index contributed by atoms with van der Waals surface area (Å²) in [6, 6.07) is 7.54. The van der Waals surface area contributed by atoms with Gasteiger partial charge >= 0.3 is 5.97 Å². The molecule has 0 radical (unpaired) electrons. The van der Waals surface area contributed by atoms with Gasteiger partial charge in [0.1, 0.15) is 6.04 Å². The number of hydrogen-bond acceptors (Lipinski definition) is 5. The summed E-state index contributed by atoms with van der Waals surface area (Å²) in [4.78, 5) is 51.7. The van der Waals surface area contributed by atoms with Crippen LogP contribution >= 0.6 is 0 Å². The first-order valence-corrected chi connectivity index (χ1v) is 8.94. The van der Waals surface area contributed by atoms with Crippen molar-refractivity contribution in [3.8, 4) is 0 Å². The number of ether oxygens (including phenoxy) is 1. The number of benzene rings is 1. The van der Waals surface area contributed by atoms with Crippen molar-refractivity contribution in [1.82, 2.24) is 10.3 Å². The maximum Gasteiger partial charge on any atom is 0.329 e. The zero-order chi connectivity index (χ0) is 21.0.